The van der Waals surface area contributed by atoms with Crippen LogP contribution in [0.25, 0.3) is 0 Å². The minimum atomic E-state index is 0. The molecule has 2 N–H and O–H groups in total. The fourth-order valence-corrected chi connectivity index (χ4v) is 2.97. The van der Waals surface area contributed by atoms with Crippen LogP contribution in [0.3, 0.4) is 0 Å². The van der Waals surface area contributed by atoms with Gasteiger partial charge in [0.2, 0.25) is 5.89 Å². The maximum atomic E-state index is 4.93. The largest absolute Gasteiger partial charge is 0.354 e. The Hall–Kier alpha value is -1.16. The number of nitrogens with one attached hydrogen (secondary N) is 2. The Labute approximate surface area is 151 Å². The quantitative estimate of drug-likeness (QED) is 0.429. The van der Waals surface area contributed by atoms with Crippen molar-refractivity contribution in [1.82, 2.24) is 20.8 Å². The molecule has 0 saturated carbocycles. The average molecular weight is 435 g/mol. The van der Waals surface area contributed by atoms with Gasteiger partial charge in [0.25, 0.3) is 0 Å². The van der Waals surface area contributed by atoms with Crippen LogP contribution >= 0.6 is 35.3 Å². The topological polar surface area (TPSA) is 75.3 Å². The smallest absolute Gasteiger partial charge is 0.223 e. The summed E-state index contributed by atoms with van der Waals surface area (Å²) in [5, 5.41) is 10.4. The molecule has 0 aliphatic carbocycles. The molecule has 22 heavy (non-hydrogen) atoms. The standard InChI is InChI=1S/C14H21N5OS.HI/c1-9(7-12-6-5-10(2)21-12)17-14(15-4)16-8-13-18-11(3)20-19-13;/h5-6,9H,7-8H2,1-4H3,(H2,15,16,17);1H. The van der Waals surface area contributed by atoms with Crippen LogP contribution in [0, 0.1) is 13.8 Å². The number of aryl methyl sites for hydroxylation is 2. The Morgan fingerprint density at radius 3 is 2.73 bits per heavy atom. The van der Waals surface area contributed by atoms with E-state index in [4.69, 9.17) is 4.52 Å². The Morgan fingerprint density at radius 1 is 1.41 bits per heavy atom. The molecule has 0 amide bonds. The highest BCUT2D eigenvalue weighted by Crippen LogP contribution is 2.16. The number of guanidine groups is 1. The molecule has 0 spiro atoms. The predicted octanol–water partition coefficient (Wildman–Crippen LogP) is 2.66. The summed E-state index contributed by atoms with van der Waals surface area (Å²) in [6.45, 7) is 6.52. The normalized spacial score (nSPS) is 12.6. The van der Waals surface area contributed by atoms with Gasteiger partial charge in [-0.05, 0) is 26.0 Å². The fraction of sp³-hybridized carbons (Fsp3) is 0.500. The summed E-state index contributed by atoms with van der Waals surface area (Å²) < 4.78 is 4.93. The lowest BCUT2D eigenvalue weighted by Gasteiger charge is -2.16. The highest BCUT2D eigenvalue weighted by Gasteiger charge is 2.09. The molecule has 1 unspecified atom stereocenters. The molecule has 0 aliphatic rings. The molecule has 2 heterocycles. The first-order valence-electron chi connectivity index (χ1n) is 6.88. The third kappa shape index (κ3) is 5.91. The monoisotopic (exact) mass is 435 g/mol. The summed E-state index contributed by atoms with van der Waals surface area (Å²) >= 11 is 1.83. The predicted molar refractivity (Wildman–Crippen MR) is 100 cm³/mol. The number of hydrogen-bond donors (Lipinski definition) is 2. The van der Waals surface area contributed by atoms with Gasteiger partial charge in [-0.25, -0.2) is 0 Å². The maximum absolute atomic E-state index is 4.93. The van der Waals surface area contributed by atoms with Gasteiger partial charge >= 0.3 is 0 Å². The summed E-state index contributed by atoms with van der Waals surface area (Å²) in [5.74, 6) is 1.92. The van der Waals surface area contributed by atoms with Crippen LogP contribution in [-0.2, 0) is 13.0 Å². The number of aromatic nitrogens is 2. The van der Waals surface area contributed by atoms with Crippen LogP contribution in [0.2, 0.25) is 0 Å². The molecule has 2 rings (SSSR count). The molecule has 0 aromatic carbocycles. The Kier molecular flexibility index (Phi) is 7.80. The van der Waals surface area contributed by atoms with E-state index in [2.05, 4.69) is 51.7 Å². The molecule has 1 atom stereocenters. The number of rotatable bonds is 5. The molecule has 2 aromatic heterocycles. The summed E-state index contributed by atoms with van der Waals surface area (Å²) in [4.78, 5) is 11.1. The summed E-state index contributed by atoms with van der Waals surface area (Å²) in [6.07, 6.45) is 0.973. The van der Waals surface area contributed by atoms with Gasteiger partial charge in [0, 0.05) is 36.2 Å². The number of halogens is 1. The molecule has 0 radical (unpaired) electrons. The molecule has 2 aromatic rings. The van der Waals surface area contributed by atoms with Gasteiger partial charge in [-0.15, -0.1) is 35.3 Å². The third-order valence-electron chi connectivity index (χ3n) is 2.89. The van der Waals surface area contributed by atoms with Gasteiger partial charge in [-0.1, -0.05) is 5.16 Å². The highest BCUT2D eigenvalue weighted by atomic mass is 127. The first-order valence-corrected chi connectivity index (χ1v) is 7.70. The van der Waals surface area contributed by atoms with Gasteiger partial charge in [-0.3, -0.25) is 4.99 Å². The van der Waals surface area contributed by atoms with Crippen molar-refractivity contribution >= 4 is 41.3 Å². The molecule has 6 nitrogen and oxygen atoms in total. The molecule has 8 heteroatoms. The van der Waals surface area contributed by atoms with Crippen molar-refractivity contribution in [1.29, 1.82) is 0 Å². The maximum Gasteiger partial charge on any atom is 0.223 e. The average Bonchev–Trinajstić information content (AvgIpc) is 3.03. The number of hydrogen-bond acceptors (Lipinski definition) is 5. The number of nitrogens with zero attached hydrogens (tertiary/aromatic N) is 3. The zero-order valence-electron chi connectivity index (χ0n) is 13.2. The number of thiophene rings is 1. The van der Waals surface area contributed by atoms with Crippen LogP contribution < -0.4 is 10.6 Å². The third-order valence-corrected chi connectivity index (χ3v) is 3.92. The summed E-state index contributed by atoms with van der Waals surface area (Å²) in [6, 6.07) is 4.62. The van der Waals surface area contributed by atoms with Crippen molar-refractivity contribution < 1.29 is 4.52 Å². The SMILES string of the molecule is CN=C(NCc1noc(C)n1)NC(C)Cc1ccc(C)s1.I. The Bertz CT molecular complexity index is 610. The van der Waals surface area contributed by atoms with Crippen molar-refractivity contribution in [2.45, 2.75) is 39.8 Å². The zero-order chi connectivity index (χ0) is 15.2. The Balaban J connectivity index is 0.00000242. The second-order valence-electron chi connectivity index (χ2n) is 4.92. The summed E-state index contributed by atoms with van der Waals surface area (Å²) in [7, 11) is 1.75. The van der Waals surface area contributed by atoms with Crippen LogP contribution in [0.1, 0.15) is 28.4 Å². The lowest BCUT2D eigenvalue weighted by Crippen LogP contribution is -2.42. The second-order valence-corrected chi connectivity index (χ2v) is 6.29. The molecule has 0 aliphatic heterocycles. The van der Waals surface area contributed by atoms with Gasteiger partial charge in [0.1, 0.15) is 0 Å². The van der Waals surface area contributed by atoms with E-state index in [0.717, 1.165) is 12.4 Å². The number of aliphatic imine (C=N–C) groups is 1. The lowest BCUT2D eigenvalue weighted by molar-refractivity contribution is 0.386. The van der Waals surface area contributed by atoms with Gasteiger partial charge in [-0.2, -0.15) is 4.98 Å². The van der Waals surface area contributed by atoms with E-state index in [1.165, 1.54) is 9.75 Å². The highest BCUT2D eigenvalue weighted by molar-refractivity contribution is 14.0. The van der Waals surface area contributed by atoms with E-state index in [9.17, 15) is 0 Å². The molecule has 0 bridgehead atoms. The Morgan fingerprint density at radius 2 is 2.18 bits per heavy atom. The summed E-state index contributed by atoms with van der Waals surface area (Å²) in [5.41, 5.74) is 0. The van der Waals surface area contributed by atoms with Crippen molar-refractivity contribution in [3.05, 3.63) is 33.6 Å². The van der Waals surface area contributed by atoms with Crippen molar-refractivity contribution in [2.75, 3.05) is 7.05 Å². The van der Waals surface area contributed by atoms with E-state index >= 15 is 0 Å². The van der Waals surface area contributed by atoms with Gasteiger partial charge in [0.15, 0.2) is 11.8 Å². The van der Waals surface area contributed by atoms with Crippen LogP contribution in [-0.4, -0.2) is 29.2 Å². The lowest BCUT2D eigenvalue weighted by atomic mass is 10.2. The molecular formula is C14H22IN5OS. The van der Waals surface area contributed by atoms with E-state index < -0.39 is 0 Å². The van der Waals surface area contributed by atoms with Crippen LogP contribution in [0.5, 0.6) is 0 Å². The molecule has 0 fully saturated rings. The first kappa shape index (κ1) is 18.9. The molecule has 0 saturated heterocycles. The van der Waals surface area contributed by atoms with E-state index in [-0.39, 0.29) is 24.0 Å². The zero-order valence-corrected chi connectivity index (χ0v) is 16.4. The van der Waals surface area contributed by atoms with E-state index in [1.807, 2.05) is 11.3 Å². The molecular weight excluding hydrogens is 413 g/mol. The van der Waals surface area contributed by atoms with Crippen molar-refractivity contribution in [2.24, 2.45) is 4.99 Å². The van der Waals surface area contributed by atoms with Gasteiger partial charge < -0.3 is 15.2 Å². The minimum Gasteiger partial charge on any atom is -0.354 e. The first-order chi connectivity index (χ1) is 10.1. The second kappa shape index (κ2) is 9.09. The van der Waals surface area contributed by atoms with Crippen molar-refractivity contribution in [3.8, 4) is 0 Å². The van der Waals surface area contributed by atoms with Crippen LogP contribution in [0.4, 0.5) is 0 Å². The van der Waals surface area contributed by atoms with Crippen molar-refractivity contribution in [3.63, 3.8) is 0 Å². The van der Waals surface area contributed by atoms with Gasteiger partial charge in [0.05, 0.1) is 6.54 Å². The van der Waals surface area contributed by atoms with Crippen LogP contribution in [0.15, 0.2) is 21.6 Å². The molecule has 122 valence electrons. The van der Waals surface area contributed by atoms with E-state index in [1.54, 1.807) is 14.0 Å². The fourth-order valence-electron chi connectivity index (χ4n) is 1.95. The van der Waals surface area contributed by atoms with E-state index in [0.29, 0.717) is 24.3 Å². The minimum absolute atomic E-state index is 0.